The van der Waals surface area contributed by atoms with E-state index in [4.69, 9.17) is 5.73 Å². The summed E-state index contributed by atoms with van der Waals surface area (Å²) in [6.07, 6.45) is 9.35. The summed E-state index contributed by atoms with van der Waals surface area (Å²) in [5.41, 5.74) is 10.1. The number of nitrogens with two attached hydrogens (primary N) is 1. The molecule has 1 aromatic carbocycles. The number of hydrogen-bond donors (Lipinski definition) is 8. The van der Waals surface area contributed by atoms with Crippen LogP contribution in [-0.4, -0.2) is 101 Å². The van der Waals surface area contributed by atoms with Crippen LogP contribution in [0.25, 0.3) is 0 Å². The second kappa shape index (κ2) is 30.0. The Labute approximate surface area is 394 Å². The monoisotopic (exact) mass is 895 g/mol. The van der Waals surface area contributed by atoms with E-state index in [2.05, 4.69) is 133 Å². The van der Waals surface area contributed by atoms with Crippen molar-refractivity contribution in [2.75, 3.05) is 65.7 Å². The van der Waals surface area contributed by atoms with Gasteiger partial charge in [0.2, 0.25) is 5.91 Å². The average molecular weight is 895 g/mol. The topological polar surface area (TPSA) is 139 Å². The summed E-state index contributed by atoms with van der Waals surface area (Å²) in [7, 11) is 6.05. The molecule has 5 fully saturated rings. The Hall–Kier alpha value is -2.47. The summed E-state index contributed by atoms with van der Waals surface area (Å²) in [6, 6.07) is 8.69. The van der Waals surface area contributed by atoms with Gasteiger partial charge < -0.3 is 47.6 Å². The highest BCUT2D eigenvalue weighted by atomic mass is 16.3. The lowest BCUT2D eigenvalue weighted by molar-refractivity contribution is -0.117. The van der Waals surface area contributed by atoms with Gasteiger partial charge in [-0.3, -0.25) is 4.79 Å². The number of anilines is 1. The minimum atomic E-state index is -0.189. The van der Waals surface area contributed by atoms with Gasteiger partial charge in [0, 0.05) is 49.8 Å². The van der Waals surface area contributed by atoms with Crippen molar-refractivity contribution in [3.8, 4) is 0 Å². The van der Waals surface area contributed by atoms with Gasteiger partial charge in [-0.25, -0.2) is 0 Å². The maximum Gasteiger partial charge on any atom is 0.241 e. The van der Waals surface area contributed by atoms with Crippen molar-refractivity contribution in [3.05, 3.63) is 54.4 Å². The summed E-state index contributed by atoms with van der Waals surface area (Å²) in [4.78, 5) is 14.2. The first-order valence-corrected chi connectivity index (χ1v) is 25.6. The number of nitrogens with zero attached hydrogens (tertiary/aromatic N) is 1. The Balaban J connectivity index is 0.000000281. The predicted molar refractivity (Wildman–Crippen MR) is 276 cm³/mol. The molecule has 0 bridgehead atoms. The van der Waals surface area contributed by atoms with Crippen LogP contribution in [-0.2, 0) is 4.79 Å². The molecular weight excluding hydrogens is 793 g/mol. The lowest BCUT2D eigenvalue weighted by Gasteiger charge is -2.22. The van der Waals surface area contributed by atoms with Crippen molar-refractivity contribution in [2.24, 2.45) is 70.8 Å². The number of aliphatic hydroxyl groups excluding tert-OH is 1. The normalized spacial score (nSPS) is 27.8. The fraction of sp³-hybridized carbons (Fsp3) is 0.796. The Morgan fingerprint density at radius 1 is 0.812 bits per heavy atom. The molecule has 0 unspecified atom stereocenters. The lowest BCUT2D eigenvalue weighted by atomic mass is 9.86. The zero-order valence-electron chi connectivity index (χ0n) is 43.7. The fourth-order valence-electron chi connectivity index (χ4n) is 9.79. The number of carbonyl (C=O) groups excluding carboxylic acids is 1. The summed E-state index contributed by atoms with van der Waals surface area (Å²) < 4.78 is 0. The van der Waals surface area contributed by atoms with Crippen molar-refractivity contribution in [1.82, 2.24) is 31.5 Å². The highest BCUT2D eigenvalue weighted by molar-refractivity contribution is 5.95. The van der Waals surface area contributed by atoms with Gasteiger partial charge in [0.05, 0.1) is 12.1 Å². The number of hydrogen-bond acceptors (Lipinski definition) is 9. The average Bonchev–Trinajstić information content (AvgIpc) is 4.10. The number of carbonyl (C=O) groups is 1. The van der Waals surface area contributed by atoms with Crippen molar-refractivity contribution < 1.29 is 9.90 Å². The fourth-order valence-corrected chi connectivity index (χ4v) is 9.79. The van der Waals surface area contributed by atoms with Crippen LogP contribution in [0.2, 0.25) is 0 Å². The van der Waals surface area contributed by atoms with Gasteiger partial charge in [-0.15, -0.1) is 0 Å². The highest BCUT2D eigenvalue weighted by Crippen LogP contribution is 2.36. The van der Waals surface area contributed by atoms with Gasteiger partial charge in [0.15, 0.2) is 0 Å². The third-order valence-electron chi connectivity index (χ3n) is 15.0. The molecule has 6 rings (SSSR count). The molecular formula is C54H102N8O2. The van der Waals surface area contributed by atoms with Gasteiger partial charge >= 0.3 is 0 Å². The zero-order valence-corrected chi connectivity index (χ0v) is 43.7. The number of benzene rings is 1. The second-order valence-corrected chi connectivity index (χ2v) is 21.9. The van der Waals surface area contributed by atoms with Gasteiger partial charge in [0.1, 0.15) is 0 Å². The van der Waals surface area contributed by atoms with E-state index in [1.807, 2.05) is 38.2 Å². The third-order valence-corrected chi connectivity index (χ3v) is 15.0. The molecule has 4 heterocycles. The van der Waals surface area contributed by atoms with Crippen LogP contribution in [0, 0.1) is 72.0 Å². The van der Waals surface area contributed by atoms with Crippen LogP contribution in [0.5, 0.6) is 0 Å². The molecule has 64 heavy (non-hydrogen) atoms. The summed E-state index contributed by atoms with van der Waals surface area (Å²) in [5.74, 6) is 8.63. The van der Waals surface area contributed by atoms with E-state index < -0.39 is 0 Å². The van der Waals surface area contributed by atoms with E-state index in [1.165, 1.54) is 43.5 Å². The SMILES string of the molecule is C=C([C@@H]1C[C@H](C(C)C)CN1)N(C)C.C=C1C[C@H](C(C)C)CN1.CC(C)[C@@H]1CCC[C@@H]1CN.CNCC[C@@H](O)[C@@H]1C[C@H](C(C)C)CN1.Cc1cccc(NC(=O)[C@@H]2C[C@H](C(C)C)CN2)c1. The Morgan fingerprint density at radius 3 is 1.81 bits per heavy atom. The van der Waals surface area contributed by atoms with Crippen LogP contribution >= 0.6 is 0 Å². The minimum absolute atomic E-state index is 0.0436. The summed E-state index contributed by atoms with van der Waals surface area (Å²) in [6.45, 7) is 38.8. The van der Waals surface area contributed by atoms with Crippen LogP contribution in [0.15, 0.2) is 48.8 Å². The number of likely N-dealkylation sites (N-methyl/N-ethyl adjacent to an activating group) is 1. The molecule has 10 heteroatoms. The van der Waals surface area contributed by atoms with Crippen molar-refractivity contribution in [3.63, 3.8) is 0 Å². The number of nitrogens with one attached hydrogen (secondary N) is 6. The molecule has 0 radical (unpaired) electrons. The molecule has 9 N–H and O–H groups in total. The summed E-state index contributed by atoms with van der Waals surface area (Å²) >= 11 is 0. The molecule has 1 aromatic rings. The van der Waals surface area contributed by atoms with Gasteiger partial charge in [0.25, 0.3) is 0 Å². The van der Waals surface area contributed by atoms with E-state index in [1.54, 1.807) is 0 Å². The predicted octanol–water partition coefficient (Wildman–Crippen LogP) is 8.64. The molecule has 5 aliphatic rings. The Bertz CT molecular complexity index is 1460. The number of aliphatic hydroxyl groups is 1. The van der Waals surface area contributed by atoms with Crippen LogP contribution in [0.4, 0.5) is 5.69 Å². The third kappa shape index (κ3) is 20.6. The molecule has 10 atom stereocenters. The maximum absolute atomic E-state index is 12.1. The van der Waals surface area contributed by atoms with E-state index >= 15 is 0 Å². The molecule has 0 aromatic heterocycles. The number of rotatable bonds is 14. The molecule has 370 valence electrons. The van der Waals surface area contributed by atoms with Gasteiger partial charge in [-0.1, -0.05) is 101 Å². The Morgan fingerprint density at radius 2 is 1.38 bits per heavy atom. The standard InChI is InChI=1S/C15H22N2O.C11H24N2O.C11H22N2.C9H19N.C8H15N/c1-10(2)12-8-14(16-9-12)15(18)17-13-6-4-5-11(3)7-13;1-8(2)9-6-10(13-7-9)11(14)4-5-12-3;1-8(2)10-6-11(12-7-10)9(3)13(4)5;1-7(2)9-5-3-4-8(9)6-10;1-6(2)8-4-7(3)9-5-8/h4-7,10,12,14,16H,8-9H2,1-3H3,(H,17,18);8-14H,4-7H2,1-3H3;8,10-12H,3,6-7H2,1-2,4-5H3;7-9H,3-6,10H2,1-2H3;6,8-9H,3-5H2,1-2H3/t12-,14-;9-,10-,11+;10-,11-;8-,9+;8-/m00010/s1. The molecule has 4 aliphatic heterocycles. The molecule has 0 spiro atoms. The molecule has 1 saturated carbocycles. The number of amides is 1. The van der Waals surface area contributed by atoms with E-state index in [0.717, 1.165) is 123 Å². The molecule has 4 saturated heterocycles. The smallest absolute Gasteiger partial charge is 0.241 e. The number of allylic oxidation sites excluding steroid dienone is 1. The Kier molecular flexibility index (Phi) is 27.0. The van der Waals surface area contributed by atoms with E-state index in [-0.39, 0.29) is 18.1 Å². The van der Waals surface area contributed by atoms with Crippen LogP contribution in [0.1, 0.15) is 126 Å². The van der Waals surface area contributed by atoms with Crippen molar-refractivity contribution in [2.45, 2.75) is 152 Å². The van der Waals surface area contributed by atoms with E-state index in [0.29, 0.717) is 23.9 Å². The van der Waals surface area contributed by atoms with Gasteiger partial charge in [-0.05, 0) is 174 Å². The van der Waals surface area contributed by atoms with Crippen LogP contribution in [0.3, 0.4) is 0 Å². The quantitative estimate of drug-likeness (QED) is 0.0923. The number of aryl methyl sites for hydroxylation is 1. The lowest BCUT2D eigenvalue weighted by Crippen LogP contribution is -2.36. The highest BCUT2D eigenvalue weighted by Gasteiger charge is 2.32. The minimum Gasteiger partial charge on any atom is -0.391 e. The van der Waals surface area contributed by atoms with Crippen LogP contribution < -0.4 is 37.6 Å². The van der Waals surface area contributed by atoms with Gasteiger partial charge in [-0.2, -0.15) is 0 Å². The first-order chi connectivity index (χ1) is 30.2. The molecule has 1 amide bonds. The summed E-state index contributed by atoms with van der Waals surface area (Å²) in [5, 5.41) is 29.4. The molecule has 1 aliphatic carbocycles. The second-order valence-electron chi connectivity index (χ2n) is 21.9. The first kappa shape index (κ1) is 57.7. The van der Waals surface area contributed by atoms with E-state index in [9.17, 15) is 9.90 Å². The van der Waals surface area contributed by atoms with Crippen molar-refractivity contribution in [1.29, 1.82) is 0 Å². The maximum atomic E-state index is 12.1. The zero-order chi connectivity index (χ0) is 48.1. The van der Waals surface area contributed by atoms with Crippen molar-refractivity contribution >= 4 is 11.6 Å². The first-order valence-electron chi connectivity index (χ1n) is 25.6. The molecule has 10 nitrogen and oxygen atoms in total. The largest absolute Gasteiger partial charge is 0.391 e.